The van der Waals surface area contributed by atoms with Gasteiger partial charge in [-0.25, -0.2) is 0 Å². The third-order valence-electron chi connectivity index (χ3n) is 5.19. The number of hydrogen-bond acceptors (Lipinski definition) is 6. The van der Waals surface area contributed by atoms with Crippen LogP contribution in [-0.2, 0) is 11.2 Å². The lowest BCUT2D eigenvalue weighted by Gasteiger charge is -2.16. The van der Waals surface area contributed by atoms with Gasteiger partial charge in [-0.1, -0.05) is 5.16 Å². The molecule has 0 radical (unpaired) electrons. The number of rotatable bonds is 6. The van der Waals surface area contributed by atoms with Gasteiger partial charge in [-0.3, -0.25) is 4.79 Å². The molecule has 3 heterocycles. The maximum atomic E-state index is 12.4. The molecule has 1 amide bonds. The molecule has 1 N–H and O–H groups in total. The van der Waals surface area contributed by atoms with Gasteiger partial charge in [0.15, 0.2) is 0 Å². The van der Waals surface area contributed by atoms with E-state index in [1.807, 2.05) is 36.1 Å². The summed E-state index contributed by atoms with van der Waals surface area (Å²) in [6, 6.07) is 7.58. The van der Waals surface area contributed by atoms with Gasteiger partial charge in [-0.15, -0.1) is 0 Å². The minimum atomic E-state index is 0.181. The lowest BCUT2D eigenvalue weighted by Crippen LogP contribution is -2.32. The van der Waals surface area contributed by atoms with E-state index in [4.69, 9.17) is 9.26 Å². The van der Waals surface area contributed by atoms with E-state index in [0.29, 0.717) is 43.0 Å². The Morgan fingerprint density at radius 1 is 1.27 bits per heavy atom. The molecule has 1 aromatic carbocycles. The van der Waals surface area contributed by atoms with Crippen LogP contribution < -0.4 is 10.1 Å². The predicted octanol–water partition coefficient (Wildman–Crippen LogP) is 1.75. The molecule has 0 unspecified atom stereocenters. The average Bonchev–Trinajstić information content (AvgIpc) is 3.36. The van der Waals surface area contributed by atoms with Crippen LogP contribution in [0.25, 0.3) is 11.4 Å². The Kier molecular flexibility index (Phi) is 4.88. The fraction of sp³-hybridized carbons (Fsp3) is 0.526. The number of aromatic nitrogens is 2. The molecule has 0 saturated carbocycles. The summed E-state index contributed by atoms with van der Waals surface area (Å²) in [5.41, 5.74) is 0.870. The monoisotopic (exact) mass is 356 g/mol. The molecule has 138 valence electrons. The number of fused-ring (bicyclic) bond motifs is 1. The van der Waals surface area contributed by atoms with Gasteiger partial charge in [-0.2, -0.15) is 4.98 Å². The van der Waals surface area contributed by atoms with Crippen LogP contribution >= 0.6 is 0 Å². The average molecular weight is 356 g/mol. The fourth-order valence-corrected chi connectivity index (χ4v) is 3.77. The molecule has 7 nitrogen and oxygen atoms in total. The van der Waals surface area contributed by atoms with E-state index in [-0.39, 0.29) is 5.91 Å². The second-order valence-corrected chi connectivity index (χ2v) is 6.95. The molecule has 7 heteroatoms. The number of amides is 1. The number of carbonyl (C=O) groups is 1. The van der Waals surface area contributed by atoms with E-state index < -0.39 is 0 Å². The highest BCUT2D eigenvalue weighted by Crippen LogP contribution is 2.27. The summed E-state index contributed by atoms with van der Waals surface area (Å²) in [5, 5.41) is 7.42. The Bertz CT molecular complexity index is 746. The Hall–Kier alpha value is -2.41. The quantitative estimate of drug-likeness (QED) is 0.849. The van der Waals surface area contributed by atoms with Gasteiger partial charge in [0.2, 0.25) is 17.6 Å². The maximum absolute atomic E-state index is 12.4. The van der Waals surface area contributed by atoms with E-state index in [2.05, 4.69) is 15.5 Å². The zero-order valence-corrected chi connectivity index (χ0v) is 15.0. The van der Waals surface area contributed by atoms with Crippen molar-refractivity contribution in [2.75, 3.05) is 32.8 Å². The number of aryl methyl sites for hydroxylation is 1. The second-order valence-electron chi connectivity index (χ2n) is 6.95. The standard InChI is InChI=1S/C19H24N4O3/c1-2-25-16-5-3-13(4-6-16)19-21-17(26-22-19)7-8-18(24)23-11-14-9-20-10-15(14)12-23/h3-6,14-15,20H,2,7-12H2,1H3/t14-,15+. The molecule has 2 saturated heterocycles. The van der Waals surface area contributed by atoms with Gasteiger partial charge in [0.25, 0.3) is 0 Å². The summed E-state index contributed by atoms with van der Waals surface area (Å²) in [7, 11) is 0. The number of hydrogen-bond donors (Lipinski definition) is 1. The zero-order chi connectivity index (χ0) is 17.9. The summed E-state index contributed by atoms with van der Waals surface area (Å²) in [5.74, 6) is 3.28. The molecule has 2 fully saturated rings. The second kappa shape index (κ2) is 7.45. The predicted molar refractivity (Wildman–Crippen MR) is 95.7 cm³/mol. The highest BCUT2D eigenvalue weighted by atomic mass is 16.5. The number of benzene rings is 1. The largest absolute Gasteiger partial charge is 0.494 e. The van der Waals surface area contributed by atoms with Gasteiger partial charge in [0.05, 0.1) is 6.61 Å². The summed E-state index contributed by atoms with van der Waals surface area (Å²) in [4.78, 5) is 18.8. The van der Waals surface area contributed by atoms with Gasteiger partial charge < -0.3 is 19.5 Å². The number of nitrogens with one attached hydrogen (secondary N) is 1. The molecular weight excluding hydrogens is 332 g/mol. The van der Waals surface area contributed by atoms with Crippen molar-refractivity contribution < 1.29 is 14.1 Å². The number of likely N-dealkylation sites (tertiary alicyclic amines) is 1. The summed E-state index contributed by atoms with van der Waals surface area (Å²) < 4.78 is 10.7. The topological polar surface area (TPSA) is 80.5 Å². The van der Waals surface area contributed by atoms with E-state index >= 15 is 0 Å². The van der Waals surface area contributed by atoms with Gasteiger partial charge in [-0.05, 0) is 43.0 Å². The highest BCUT2D eigenvalue weighted by molar-refractivity contribution is 5.76. The van der Waals surface area contributed by atoms with Crippen molar-refractivity contribution in [2.24, 2.45) is 11.8 Å². The third-order valence-corrected chi connectivity index (χ3v) is 5.19. The summed E-state index contributed by atoms with van der Waals surface area (Å²) in [6.07, 6.45) is 0.894. The minimum Gasteiger partial charge on any atom is -0.494 e. The Morgan fingerprint density at radius 3 is 2.69 bits per heavy atom. The molecule has 2 atom stereocenters. The zero-order valence-electron chi connectivity index (χ0n) is 15.0. The van der Waals surface area contributed by atoms with Crippen LogP contribution in [0.4, 0.5) is 0 Å². The molecule has 26 heavy (non-hydrogen) atoms. The molecule has 0 bridgehead atoms. The van der Waals surface area contributed by atoms with E-state index in [0.717, 1.165) is 37.5 Å². The van der Waals surface area contributed by atoms with Crippen LogP contribution in [0.3, 0.4) is 0 Å². The fourth-order valence-electron chi connectivity index (χ4n) is 3.77. The molecule has 1 aromatic heterocycles. The van der Waals surface area contributed by atoms with E-state index in [9.17, 15) is 4.79 Å². The van der Waals surface area contributed by atoms with Crippen molar-refractivity contribution in [3.63, 3.8) is 0 Å². The molecule has 4 rings (SSSR count). The van der Waals surface area contributed by atoms with Crippen molar-refractivity contribution in [1.82, 2.24) is 20.4 Å². The molecule has 2 aromatic rings. The van der Waals surface area contributed by atoms with Crippen molar-refractivity contribution in [2.45, 2.75) is 19.8 Å². The first kappa shape index (κ1) is 17.0. The number of ether oxygens (including phenoxy) is 1. The first-order chi connectivity index (χ1) is 12.7. The van der Waals surface area contributed by atoms with Crippen LogP contribution in [-0.4, -0.2) is 53.7 Å². The van der Waals surface area contributed by atoms with Crippen LogP contribution in [0.15, 0.2) is 28.8 Å². The molecule has 2 aliphatic rings. The van der Waals surface area contributed by atoms with Crippen molar-refractivity contribution in [3.05, 3.63) is 30.2 Å². The van der Waals surface area contributed by atoms with E-state index in [1.54, 1.807) is 0 Å². The molecule has 0 spiro atoms. The van der Waals surface area contributed by atoms with Crippen LogP contribution in [0.1, 0.15) is 19.2 Å². The molecular formula is C19H24N4O3. The highest BCUT2D eigenvalue weighted by Gasteiger charge is 2.37. The van der Waals surface area contributed by atoms with Crippen LogP contribution in [0, 0.1) is 11.8 Å². The van der Waals surface area contributed by atoms with Crippen molar-refractivity contribution in [1.29, 1.82) is 0 Å². The van der Waals surface area contributed by atoms with Crippen molar-refractivity contribution in [3.8, 4) is 17.1 Å². The number of carbonyl (C=O) groups excluding carboxylic acids is 1. The maximum Gasteiger partial charge on any atom is 0.227 e. The van der Waals surface area contributed by atoms with Gasteiger partial charge >= 0.3 is 0 Å². The first-order valence-corrected chi connectivity index (χ1v) is 9.27. The lowest BCUT2D eigenvalue weighted by atomic mass is 10.0. The summed E-state index contributed by atoms with van der Waals surface area (Å²) in [6.45, 7) is 6.39. The van der Waals surface area contributed by atoms with Gasteiger partial charge in [0, 0.05) is 44.6 Å². The summed E-state index contributed by atoms with van der Waals surface area (Å²) >= 11 is 0. The Morgan fingerprint density at radius 2 is 2.00 bits per heavy atom. The van der Waals surface area contributed by atoms with Crippen LogP contribution in [0.5, 0.6) is 5.75 Å². The first-order valence-electron chi connectivity index (χ1n) is 9.27. The van der Waals surface area contributed by atoms with Crippen molar-refractivity contribution >= 4 is 5.91 Å². The molecule has 2 aliphatic heterocycles. The third kappa shape index (κ3) is 3.58. The number of nitrogens with zero attached hydrogens (tertiary/aromatic N) is 3. The van der Waals surface area contributed by atoms with Crippen LogP contribution in [0.2, 0.25) is 0 Å². The minimum absolute atomic E-state index is 0.181. The Labute approximate surface area is 152 Å². The van der Waals surface area contributed by atoms with E-state index in [1.165, 1.54) is 0 Å². The normalized spacial score (nSPS) is 21.8. The SMILES string of the molecule is CCOc1ccc(-c2noc(CCC(=O)N3C[C@H]4CNC[C@H]4C3)n2)cc1. The smallest absolute Gasteiger partial charge is 0.227 e. The lowest BCUT2D eigenvalue weighted by molar-refractivity contribution is -0.130. The Balaban J connectivity index is 1.31. The molecule has 0 aliphatic carbocycles. The van der Waals surface area contributed by atoms with Gasteiger partial charge in [0.1, 0.15) is 5.75 Å².